The van der Waals surface area contributed by atoms with E-state index >= 15 is 0 Å². The topological polar surface area (TPSA) is 29.9 Å². The predicted octanol–water partition coefficient (Wildman–Crippen LogP) is 4.19. The van der Waals surface area contributed by atoms with E-state index in [1.807, 2.05) is 11.7 Å². The van der Waals surface area contributed by atoms with Crippen molar-refractivity contribution in [3.8, 4) is 0 Å². The quantitative estimate of drug-likeness (QED) is 0.920. The summed E-state index contributed by atoms with van der Waals surface area (Å²) in [6.45, 7) is 2.14. The standard InChI is InChI=1S/C14H18ClN3S/c1-3-10-12(8-18(2)17-10)16-11-5-4-6-13-9(11)7-14(15)19-13/h7-8,11,16H,3-6H2,1-2H3. The van der Waals surface area contributed by atoms with Crippen LogP contribution in [0.3, 0.4) is 0 Å². The average molecular weight is 296 g/mol. The molecule has 1 aliphatic rings. The maximum absolute atomic E-state index is 6.16. The lowest BCUT2D eigenvalue weighted by molar-refractivity contribution is 0.608. The van der Waals surface area contributed by atoms with Crippen LogP contribution in [0.15, 0.2) is 12.3 Å². The van der Waals surface area contributed by atoms with Gasteiger partial charge in [-0.1, -0.05) is 18.5 Å². The minimum Gasteiger partial charge on any atom is -0.375 e. The van der Waals surface area contributed by atoms with Crippen molar-refractivity contribution in [2.75, 3.05) is 5.32 Å². The van der Waals surface area contributed by atoms with Crippen molar-refractivity contribution in [2.45, 2.75) is 38.6 Å². The Morgan fingerprint density at radius 2 is 2.42 bits per heavy atom. The third-order valence-corrected chi connectivity index (χ3v) is 4.99. The first kappa shape index (κ1) is 13.0. The van der Waals surface area contributed by atoms with E-state index in [1.165, 1.54) is 23.3 Å². The van der Waals surface area contributed by atoms with Crippen LogP contribution in [-0.2, 0) is 19.9 Å². The molecule has 0 amide bonds. The van der Waals surface area contributed by atoms with Gasteiger partial charge in [0.05, 0.1) is 21.8 Å². The molecule has 0 bridgehead atoms. The molecule has 0 saturated heterocycles. The molecule has 1 atom stereocenters. The highest BCUT2D eigenvalue weighted by Gasteiger charge is 2.23. The molecule has 5 heteroatoms. The molecule has 1 N–H and O–H groups in total. The molecule has 3 nitrogen and oxygen atoms in total. The fraction of sp³-hybridized carbons (Fsp3) is 0.500. The summed E-state index contributed by atoms with van der Waals surface area (Å²) in [6.07, 6.45) is 6.58. The van der Waals surface area contributed by atoms with Gasteiger partial charge in [0.1, 0.15) is 0 Å². The van der Waals surface area contributed by atoms with Gasteiger partial charge in [-0.2, -0.15) is 5.10 Å². The molecule has 0 aromatic carbocycles. The van der Waals surface area contributed by atoms with Crippen LogP contribution in [0.4, 0.5) is 5.69 Å². The molecule has 2 aromatic heterocycles. The van der Waals surface area contributed by atoms with E-state index in [9.17, 15) is 0 Å². The number of nitrogens with one attached hydrogen (secondary N) is 1. The van der Waals surface area contributed by atoms with Crippen molar-refractivity contribution in [3.05, 3.63) is 32.7 Å². The number of hydrogen-bond donors (Lipinski definition) is 1. The first-order valence-electron chi connectivity index (χ1n) is 6.74. The molecular weight excluding hydrogens is 278 g/mol. The minimum absolute atomic E-state index is 0.377. The van der Waals surface area contributed by atoms with E-state index in [-0.39, 0.29) is 0 Å². The molecule has 0 spiro atoms. The van der Waals surface area contributed by atoms with Gasteiger partial charge in [0.25, 0.3) is 0 Å². The number of fused-ring (bicyclic) bond motifs is 1. The average Bonchev–Trinajstić information content (AvgIpc) is 2.92. The van der Waals surface area contributed by atoms with Crippen molar-refractivity contribution < 1.29 is 0 Å². The lowest BCUT2D eigenvalue weighted by Gasteiger charge is -2.24. The molecule has 19 heavy (non-hydrogen) atoms. The highest BCUT2D eigenvalue weighted by Crippen LogP contribution is 2.39. The summed E-state index contributed by atoms with van der Waals surface area (Å²) in [5, 5.41) is 8.14. The maximum atomic E-state index is 6.16. The van der Waals surface area contributed by atoms with Crippen LogP contribution in [0.2, 0.25) is 4.34 Å². The molecular formula is C14H18ClN3S. The predicted molar refractivity (Wildman–Crippen MR) is 81.2 cm³/mol. The summed E-state index contributed by atoms with van der Waals surface area (Å²) < 4.78 is 2.78. The molecule has 3 rings (SSSR count). The molecule has 0 aliphatic heterocycles. The van der Waals surface area contributed by atoms with Gasteiger partial charge in [-0.15, -0.1) is 11.3 Å². The summed E-state index contributed by atoms with van der Waals surface area (Å²) >= 11 is 7.88. The van der Waals surface area contributed by atoms with Crippen LogP contribution in [0.5, 0.6) is 0 Å². The van der Waals surface area contributed by atoms with Crippen LogP contribution >= 0.6 is 22.9 Å². The number of nitrogens with zero attached hydrogens (tertiary/aromatic N) is 2. The summed E-state index contributed by atoms with van der Waals surface area (Å²) in [7, 11) is 1.97. The molecule has 1 unspecified atom stereocenters. The Balaban J connectivity index is 1.87. The number of thiophene rings is 1. The zero-order valence-corrected chi connectivity index (χ0v) is 12.8. The van der Waals surface area contributed by atoms with E-state index in [4.69, 9.17) is 11.6 Å². The number of anilines is 1. The Morgan fingerprint density at radius 1 is 1.58 bits per heavy atom. The first-order chi connectivity index (χ1) is 9.17. The van der Waals surface area contributed by atoms with Gasteiger partial charge in [0, 0.05) is 18.1 Å². The van der Waals surface area contributed by atoms with Gasteiger partial charge >= 0.3 is 0 Å². The maximum Gasteiger partial charge on any atom is 0.0934 e. The monoisotopic (exact) mass is 295 g/mol. The molecule has 0 fully saturated rings. The fourth-order valence-corrected chi connectivity index (χ4v) is 4.16. The van der Waals surface area contributed by atoms with Gasteiger partial charge < -0.3 is 5.32 Å². The summed E-state index contributed by atoms with van der Waals surface area (Å²) in [5.74, 6) is 0. The minimum atomic E-state index is 0.377. The smallest absolute Gasteiger partial charge is 0.0934 e. The van der Waals surface area contributed by atoms with Crippen LogP contribution < -0.4 is 5.32 Å². The summed E-state index contributed by atoms with van der Waals surface area (Å²) in [5.41, 5.74) is 3.67. The Hall–Kier alpha value is -1.00. The van der Waals surface area contributed by atoms with Crippen molar-refractivity contribution in [3.63, 3.8) is 0 Å². The lowest BCUT2D eigenvalue weighted by Crippen LogP contribution is -2.16. The SMILES string of the molecule is CCc1nn(C)cc1NC1CCCc2sc(Cl)cc21. The molecule has 1 aliphatic carbocycles. The summed E-state index contributed by atoms with van der Waals surface area (Å²) in [4.78, 5) is 1.44. The van der Waals surface area contributed by atoms with E-state index < -0.39 is 0 Å². The Bertz CT molecular complexity index is 588. The second kappa shape index (κ2) is 5.17. The normalized spacial score (nSPS) is 18.4. The van der Waals surface area contributed by atoms with E-state index in [2.05, 4.69) is 29.6 Å². The largest absolute Gasteiger partial charge is 0.375 e. The second-order valence-electron chi connectivity index (χ2n) is 5.03. The van der Waals surface area contributed by atoms with Crippen LogP contribution in [0, 0.1) is 0 Å². The highest BCUT2D eigenvalue weighted by molar-refractivity contribution is 7.16. The van der Waals surface area contributed by atoms with Crippen molar-refractivity contribution in [1.29, 1.82) is 0 Å². The van der Waals surface area contributed by atoms with E-state index in [0.29, 0.717) is 6.04 Å². The van der Waals surface area contributed by atoms with Crippen molar-refractivity contribution in [1.82, 2.24) is 9.78 Å². The zero-order valence-electron chi connectivity index (χ0n) is 11.2. The van der Waals surface area contributed by atoms with Crippen molar-refractivity contribution in [2.24, 2.45) is 7.05 Å². The number of hydrogen-bond acceptors (Lipinski definition) is 3. The Morgan fingerprint density at radius 3 is 3.21 bits per heavy atom. The first-order valence-corrected chi connectivity index (χ1v) is 7.94. The molecule has 0 saturated carbocycles. The van der Waals surface area contributed by atoms with Gasteiger partial charge in [-0.3, -0.25) is 4.68 Å². The Labute approximate surface area is 122 Å². The second-order valence-corrected chi connectivity index (χ2v) is 6.80. The summed E-state index contributed by atoms with van der Waals surface area (Å²) in [6, 6.07) is 2.50. The van der Waals surface area contributed by atoms with Gasteiger partial charge in [0.2, 0.25) is 0 Å². The number of halogens is 1. The van der Waals surface area contributed by atoms with E-state index in [1.54, 1.807) is 11.3 Å². The van der Waals surface area contributed by atoms with E-state index in [0.717, 1.165) is 28.6 Å². The van der Waals surface area contributed by atoms with Crippen LogP contribution in [0.1, 0.15) is 41.9 Å². The number of rotatable bonds is 3. The number of aromatic nitrogens is 2. The Kier molecular flexibility index (Phi) is 3.54. The third kappa shape index (κ3) is 2.51. The zero-order chi connectivity index (χ0) is 13.4. The highest BCUT2D eigenvalue weighted by atomic mass is 35.5. The van der Waals surface area contributed by atoms with Gasteiger partial charge in [0.15, 0.2) is 0 Å². The molecule has 2 heterocycles. The molecule has 0 radical (unpaired) electrons. The van der Waals surface area contributed by atoms with Crippen molar-refractivity contribution >= 4 is 28.6 Å². The van der Waals surface area contributed by atoms with Gasteiger partial charge in [-0.05, 0) is 37.3 Å². The fourth-order valence-electron chi connectivity index (χ4n) is 2.78. The number of aryl methyl sites for hydroxylation is 3. The lowest BCUT2D eigenvalue weighted by atomic mass is 9.94. The van der Waals surface area contributed by atoms with Crippen LogP contribution in [0.25, 0.3) is 0 Å². The molecule has 102 valence electrons. The third-order valence-electron chi connectivity index (χ3n) is 3.65. The van der Waals surface area contributed by atoms with Crippen LogP contribution in [-0.4, -0.2) is 9.78 Å². The van der Waals surface area contributed by atoms with Gasteiger partial charge in [-0.25, -0.2) is 0 Å². The molecule has 2 aromatic rings.